The largest absolute Gasteiger partial charge is 0.497 e. The van der Waals surface area contributed by atoms with Crippen LogP contribution in [0.25, 0.3) is 0 Å². The van der Waals surface area contributed by atoms with Crippen LogP contribution in [0, 0.1) is 0 Å². The molecule has 2 N–H and O–H groups in total. The van der Waals surface area contributed by atoms with Gasteiger partial charge in [0.1, 0.15) is 23.9 Å². The summed E-state index contributed by atoms with van der Waals surface area (Å²) < 4.78 is 16.7. The normalized spacial score (nSPS) is 14.1. The molecule has 0 saturated carbocycles. The van der Waals surface area contributed by atoms with E-state index in [4.69, 9.17) is 14.2 Å². The molecule has 0 atom stereocenters. The SMILES string of the molecule is COc1cccc(CNC(=O)CN2CCOCCOc3ccccc3Nc3ncccc3C2=O)c1. The molecule has 0 saturated heterocycles. The third kappa shape index (κ3) is 6.48. The molecular weight excluding hydrogens is 448 g/mol. The average molecular weight is 477 g/mol. The Hall–Kier alpha value is -4.11. The number of para-hydroxylation sites is 2. The number of benzene rings is 2. The maximum absolute atomic E-state index is 13.5. The van der Waals surface area contributed by atoms with Gasteiger partial charge < -0.3 is 29.7 Å². The van der Waals surface area contributed by atoms with Crippen molar-refractivity contribution in [3.8, 4) is 11.5 Å². The summed E-state index contributed by atoms with van der Waals surface area (Å²) in [5.74, 6) is 1.13. The Bertz CT molecular complexity index is 1170. The minimum absolute atomic E-state index is 0.117. The fraction of sp³-hybridized carbons (Fsp3) is 0.269. The number of carbonyl (C=O) groups is 2. The van der Waals surface area contributed by atoms with Crippen LogP contribution in [0.15, 0.2) is 66.9 Å². The van der Waals surface area contributed by atoms with Crippen LogP contribution in [0.5, 0.6) is 11.5 Å². The van der Waals surface area contributed by atoms with E-state index >= 15 is 0 Å². The molecule has 2 amide bonds. The lowest BCUT2D eigenvalue weighted by molar-refractivity contribution is -0.122. The van der Waals surface area contributed by atoms with Crippen molar-refractivity contribution in [2.24, 2.45) is 0 Å². The number of rotatable bonds is 5. The second-order valence-electron chi connectivity index (χ2n) is 7.84. The maximum atomic E-state index is 13.5. The minimum atomic E-state index is -0.321. The van der Waals surface area contributed by atoms with Gasteiger partial charge in [-0.3, -0.25) is 9.59 Å². The van der Waals surface area contributed by atoms with E-state index in [0.717, 1.165) is 5.56 Å². The first-order valence-electron chi connectivity index (χ1n) is 11.3. The maximum Gasteiger partial charge on any atom is 0.258 e. The highest BCUT2D eigenvalue weighted by molar-refractivity contribution is 6.01. The summed E-state index contributed by atoms with van der Waals surface area (Å²) in [6.07, 6.45) is 1.61. The number of anilines is 2. The second-order valence-corrected chi connectivity index (χ2v) is 7.84. The van der Waals surface area contributed by atoms with Gasteiger partial charge in [-0.1, -0.05) is 24.3 Å². The van der Waals surface area contributed by atoms with Crippen LogP contribution in [0.2, 0.25) is 0 Å². The highest BCUT2D eigenvalue weighted by atomic mass is 16.5. The van der Waals surface area contributed by atoms with Crippen LogP contribution < -0.4 is 20.1 Å². The Morgan fingerprint density at radius 2 is 2.00 bits per heavy atom. The van der Waals surface area contributed by atoms with Crippen LogP contribution in [-0.2, 0) is 16.1 Å². The Kier molecular flexibility index (Phi) is 8.13. The van der Waals surface area contributed by atoms with Crippen molar-refractivity contribution in [2.75, 3.05) is 45.3 Å². The zero-order valence-electron chi connectivity index (χ0n) is 19.5. The molecule has 9 nitrogen and oxygen atoms in total. The van der Waals surface area contributed by atoms with Crippen molar-refractivity contribution >= 4 is 23.3 Å². The summed E-state index contributed by atoms with van der Waals surface area (Å²) in [5, 5.41) is 6.08. The van der Waals surface area contributed by atoms with E-state index in [9.17, 15) is 9.59 Å². The lowest BCUT2D eigenvalue weighted by atomic mass is 10.2. The number of pyridine rings is 1. The molecule has 0 bridgehead atoms. The first-order valence-corrected chi connectivity index (χ1v) is 11.3. The zero-order chi connectivity index (χ0) is 24.5. The molecule has 0 unspecified atom stereocenters. The Balaban J connectivity index is 1.51. The van der Waals surface area contributed by atoms with Crippen molar-refractivity contribution in [3.63, 3.8) is 0 Å². The number of amides is 2. The highest BCUT2D eigenvalue weighted by Crippen LogP contribution is 2.28. The van der Waals surface area contributed by atoms with E-state index in [2.05, 4.69) is 15.6 Å². The van der Waals surface area contributed by atoms with Gasteiger partial charge in [0.15, 0.2) is 0 Å². The lowest BCUT2D eigenvalue weighted by Gasteiger charge is -2.23. The van der Waals surface area contributed by atoms with Crippen LogP contribution in [0.3, 0.4) is 0 Å². The second kappa shape index (κ2) is 11.8. The van der Waals surface area contributed by atoms with Gasteiger partial charge >= 0.3 is 0 Å². The van der Waals surface area contributed by atoms with Crippen molar-refractivity contribution in [1.82, 2.24) is 15.2 Å². The third-order valence-corrected chi connectivity index (χ3v) is 5.41. The number of carbonyl (C=O) groups excluding carboxylic acids is 2. The summed E-state index contributed by atoms with van der Waals surface area (Å²) in [4.78, 5) is 32.1. The van der Waals surface area contributed by atoms with Gasteiger partial charge in [0.25, 0.3) is 5.91 Å². The standard InChI is InChI=1S/C26H28N4O5/c1-33-20-7-4-6-19(16-20)17-28-24(31)18-30-12-13-34-14-15-35-23-10-3-2-9-22(23)29-25-21(26(30)32)8-5-11-27-25/h2-11,16H,12-15,17-18H2,1H3,(H,27,29)(H,28,31). The van der Waals surface area contributed by atoms with Crippen molar-refractivity contribution < 1.29 is 23.8 Å². The van der Waals surface area contributed by atoms with Crippen molar-refractivity contribution in [1.29, 1.82) is 0 Å². The smallest absolute Gasteiger partial charge is 0.258 e. The number of aromatic nitrogens is 1. The molecular formula is C26H28N4O5. The molecule has 0 radical (unpaired) electrons. The summed E-state index contributed by atoms with van der Waals surface area (Å²) in [6, 6.07) is 18.3. The molecule has 0 fully saturated rings. The van der Waals surface area contributed by atoms with Gasteiger partial charge in [0.05, 0.1) is 38.1 Å². The summed E-state index contributed by atoms with van der Waals surface area (Å²) in [6.45, 7) is 1.41. The summed E-state index contributed by atoms with van der Waals surface area (Å²) >= 11 is 0. The monoisotopic (exact) mass is 476 g/mol. The predicted octanol–water partition coefficient (Wildman–Crippen LogP) is 3.00. The van der Waals surface area contributed by atoms with Gasteiger partial charge in [-0.2, -0.15) is 0 Å². The first kappa shape index (κ1) is 24.0. The summed E-state index contributed by atoms with van der Waals surface area (Å²) in [5.41, 5.74) is 1.93. The third-order valence-electron chi connectivity index (χ3n) is 5.41. The van der Waals surface area contributed by atoms with Crippen molar-refractivity contribution in [3.05, 3.63) is 78.0 Å². The molecule has 3 aromatic rings. The molecule has 182 valence electrons. The number of fused-ring (bicyclic) bond motifs is 2. The van der Waals surface area contributed by atoms with Crippen LogP contribution >= 0.6 is 0 Å². The number of ether oxygens (including phenoxy) is 3. The predicted molar refractivity (Wildman–Crippen MR) is 131 cm³/mol. The fourth-order valence-corrected chi connectivity index (χ4v) is 3.62. The topological polar surface area (TPSA) is 102 Å². The minimum Gasteiger partial charge on any atom is -0.497 e. The van der Waals surface area contributed by atoms with E-state index in [1.807, 2.05) is 48.5 Å². The molecule has 9 heteroatoms. The van der Waals surface area contributed by atoms with Gasteiger partial charge in [0, 0.05) is 19.3 Å². The zero-order valence-corrected chi connectivity index (χ0v) is 19.5. The quantitative estimate of drug-likeness (QED) is 0.584. The van der Waals surface area contributed by atoms with Gasteiger partial charge in [-0.25, -0.2) is 4.98 Å². The Morgan fingerprint density at radius 1 is 1.11 bits per heavy atom. The van der Waals surface area contributed by atoms with Gasteiger partial charge in [0.2, 0.25) is 5.91 Å². The molecule has 0 spiro atoms. The average Bonchev–Trinajstić information content (AvgIpc) is 2.90. The van der Waals surface area contributed by atoms with E-state index in [-0.39, 0.29) is 31.5 Å². The Labute approximate surface area is 204 Å². The van der Waals surface area contributed by atoms with Crippen LogP contribution in [0.4, 0.5) is 11.5 Å². The number of nitrogens with zero attached hydrogens (tertiary/aromatic N) is 2. The van der Waals surface area contributed by atoms with E-state index in [0.29, 0.717) is 48.3 Å². The number of methoxy groups -OCH3 is 1. The van der Waals surface area contributed by atoms with E-state index < -0.39 is 0 Å². The first-order chi connectivity index (χ1) is 17.1. The summed E-state index contributed by atoms with van der Waals surface area (Å²) in [7, 11) is 1.59. The Morgan fingerprint density at radius 3 is 2.89 bits per heavy atom. The van der Waals surface area contributed by atoms with Crippen LogP contribution in [-0.4, -0.2) is 61.7 Å². The lowest BCUT2D eigenvalue weighted by Crippen LogP contribution is -2.42. The molecule has 2 aromatic carbocycles. The number of nitrogens with one attached hydrogen (secondary N) is 2. The molecule has 2 heterocycles. The molecule has 1 aliphatic rings. The molecule has 0 aliphatic carbocycles. The van der Waals surface area contributed by atoms with E-state index in [1.54, 1.807) is 25.4 Å². The number of hydrogen-bond donors (Lipinski definition) is 2. The van der Waals surface area contributed by atoms with Crippen LogP contribution in [0.1, 0.15) is 15.9 Å². The molecule has 35 heavy (non-hydrogen) atoms. The van der Waals surface area contributed by atoms with Crippen molar-refractivity contribution in [2.45, 2.75) is 6.54 Å². The van der Waals surface area contributed by atoms with Gasteiger partial charge in [-0.15, -0.1) is 0 Å². The molecule has 1 aromatic heterocycles. The molecule has 4 rings (SSSR count). The fourth-order valence-electron chi connectivity index (χ4n) is 3.62. The highest BCUT2D eigenvalue weighted by Gasteiger charge is 2.23. The van der Waals surface area contributed by atoms with Gasteiger partial charge in [-0.05, 0) is 42.0 Å². The van der Waals surface area contributed by atoms with E-state index in [1.165, 1.54) is 4.90 Å². The number of hydrogen-bond acceptors (Lipinski definition) is 7. The molecule has 1 aliphatic heterocycles.